The Hall–Kier alpha value is -3.21. The number of hydrogen-bond donors (Lipinski definition) is 0. The predicted molar refractivity (Wildman–Crippen MR) is 96.6 cm³/mol. The molecule has 0 bridgehead atoms. The Morgan fingerprint density at radius 3 is 2.23 bits per heavy atom. The zero-order chi connectivity index (χ0) is 18.7. The molecule has 0 saturated carbocycles. The van der Waals surface area contributed by atoms with Crippen molar-refractivity contribution in [3.63, 3.8) is 0 Å². The molecule has 0 radical (unpaired) electrons. The molecule has 0 atom stereocenters. The summed E-state index contributed by atoms with van der Waals surface area (Å²) in [6, 6.07) is 11.7. The van der Waals surface area contributed by atoms with Gasteiger partial charge in [-0.15, -0.1) is 0 Å². The normalized spacial score (nSPS) is 12.8. The summed E-state index contributed by atoms with van der Waals surface area (Å²) in [6.07, 6.45) is 2.54. The second kappa shape index (κ2) is 7.35. The molecule has 2 aromatic carbocycles. The van der Waals surface area contributed by atoms with E-state index in [1.165, 1.54) is 13.2 Å². The summed E-state index contributed by atoms with van der Waals surface area (Å²) >= 11 is 0. The first-order valence-corrected chi connectivity index (χ1v) is 8.34. The molecule has 3 rings (SSSR count). The highest BCUT2D eigenvalue weighted by Gasteiger charge is 2.32. The van der Waals surface area contributed by atoms with Gasteiger partial charge in [-0.3, -0.25) is 14.4 Å². The minimum absolute atomic E-state index is 0.115. The number of esters is 1. The van der Waals surface area contributed by atoms with Crippen molar-refractivity contribution in [1.29, 1.82) is 0 Å². The third-order valence-corrected chi connectivity index (χ3v) is 4.08. The van der Waals surface area contributed by atoms with Crippen LogP contribution in [0, 0.1) is 0 Å². The van der Waals surface area contributed by atoms with Crippen LogP contribution in [0.15, 0.2) is 48.0 Å². The maximum atomic E-state index is 12.5. The van der Waals surface area contributed by atoms with Gasteiger partial charge in [0.15, 0.2) is 23.1 Å². The maximum absolute atomic E-state index is 12.5. The minimum Gasteiger partial charge on any atom is -0.493 e. The van der Waals surface area contributed by atoms with Crippen LogP contribution in [0.1, 0.15) is 46.0 Å². The van der Waals surface area contributed by atoms with E-state index >= 15 is 0 Å². The summed E-state index contributed by atoms with van der Waals surface area (Å²) in [5, 5.41) is 0. The number of fused-ring (bicyclic) bond motifs is 1. The van der Waals surface area contributed by atoms with Crippen LogP contribution in [0.4, 0.5) is 0 Å². The first-order chi connectivity index (χ1) is 12.5. The maximum Gasteiger partial charge on any atom is 0.311 e. The van der Waals surface area contributed by atoms with Crippen LogP contribution in [0.5, 0.6) is 11.5 Å². The summed E-state index contributed by atoms with van der Waals surface area (Å²) in [5.41, 5.74) is 1.56. The molecular weight excluding hydrogens is 332 g/mol. The zero-order valence-corrected chi connectivity index (χ0v) is 14.6. The Morgan fingerprint density at radius 2 is 1.65 bits per heavy atom. The Bertz CT molecular complexity index is 887. The molecule has 0 aromatic heterocycles. The van der Waals surface area contributed by atoms with E-state index in [4.69, 9.17) is 9.47 Å². The fraction of sp³-hybridized carbons (Fsp3) is 0.190. The number of rotatable bonds is 5. The van der Waals surface area contributed by atoms with E-state index < -0.39 is 0 Å². The Balaban J connectivity index is 1.91. The lowest BCUT2D eigenvalue weighted by atomic mass is 10.1. The van der Waals surface area contributed by atoms with Gasteiger partial charge in [-0.05, 0) is 30.2 Å². The van der Waals surface area contributed by atoms with Crippen molar-refractivity contribution in [2.24, 2.45) is 0 Å². The van der Waals surface area contributed by atoms with Gasteiger partial charge in [0.25, 0.3) is 0 Å². The quantitative estimate of drug-likeness (QED) is 0.354. The molecule has 0 spiro atoms. The number of allylic oxidation sites excluding steroid dienone is 1. The summed E-state index contributed by atoms with van der Waals surface area (Å²) in [7, 11) is 1.46. The highest BCUT2D eigenvalue weighted by molar-refractivity contribution is 6.41. The van der Waals surface area contributed by atoms with Gasteiger partial charge in [0.1, 0.15) is 0 Å². The SMILES string of the molecule is CCCC(=O)Oc1ccc(C=C2C(=O)c3ccccc3C2=O)cc1OC. The van der Waals surface area contributed by atoms with Crippen molar-refractivity contribution in [3.8, 4) is 11.5 Å². The number of benzene rings is 2. The van der Waals surface area contributed by atoms with Crippen LogP contribution in [0.3, 0.4) is 0 Å². The molecular formula is C21H18O5. The summed E-state index contributed by atoms with van der Waals surface area (Å²) < 4.78 is 10.5. The predicted octanol–water partition coefficient (Wildman–Crippen LogP) is 3.86. The first-order valence-electron chi connectivity index (χ1n) is 8.34. The zero-order valence-electron chi connectivity index (χ0n) is 14.6. The fourth-order valence-electron chi connectivity index (χ4n) is 2.81. The highest BCUT2D eigenvalue weighted by Crippen LogP contribution is 2.32. The van der Waals surface area contributed by atoms with Crippen LogP contribution in [0.2, 0.25) is 0 Å². The lowest BCUT2D eigenvalue weighted by molar-refractivity contribution is -0.134. The average molecular weight is 350 g/mol. The van der Waals surface area contributed by atoms with E-state index in [-0.39, 0.29) is 23.1 Å². The van der Waals surface area contributed by atoms with Crippen LogP contribution < -0.4 is 9.47 Å². The van der Waals surface area contributed by atoms with E-state index in [0.29, 0.717) is 41.0 Å². The molecule has 0 aliphatic heterocycles. The van der Waals surface area contributed by atoms with E-state index in [0.717, 1.165) is 0 Å². The molecule has 5 nitrogen and oxygen atoms in total. The number of Topliss-reactive ketones (excluding diaryl/α,β-unsaturated/α-hetero) is 2. The smallest absolute Gasteiger partial charge is 0.311 e. The van der Waals surface area contributed by atoms with Crippen LogP contribution in [-0.2, 0) is 4.79 Å². The van der Waals surface area contributed by atoms with Gasteiger partial charge >= 0.3 is 5.97 Å². The third-order valence-electron chi connectivity index (χ3n) is 4.08. The number of carbonyl (C=O) groups excluding carboxylic acids is 3. The largest absolute Gasteiger partial charge is 0.493 e. The molecule has 0 heterocycles. The van der Waals surface area contributed by atoms with E-state index in [1.54, 1.807) is 42.5 Å². The van der Waals surface area contributed by atoms with Gasteiger partial charge in [0, 0.05) is 17.5 Å². The first kappa shape index (κ1) is 17.6. The highest BCUT2D eigenvalue weighted by atomic mass is 16.6. The van der Waals surface area contributed by atoms with E-state index in [9.17, 15) is 14.4 Å². The topological polar surface area (TPSA) is 69.7 Å². The minimum atomic E-state index is -0.339. The second-order valence-electron chi connectivity index (χ2n) is 5.90. The van der Waals surface area contributed by atoms with Crippen LogP contribution in [0.25, 0.3) is 6.08 Å². The number of ether oxygens (including phenoxy) is 2. The Morgan fingerprint density at radius 1 is 1.00 bits per heavy atom. The number of methoxy groups -OCH3 is 1. The fourth-order valence-corrected chi connectivity index (χ4v) is 2.81. The summed E-state index contributed by atoms with van der Waals surface area (Å²) in [4.78, 5) is 36.6. The average Bonchev–Trinajstić information content (AvgIpc) is 2.88. The summed E-state index contributed by atoms with van der Waals surface area (Å²) in [5.74, 6) is -0.251. The standard InChI is InChI=1S/C21H18O5/c1-3-6-19(22)26-17-10-9-13(12-18(17)25-2)11-16-20(23)14-7-4-5-8-15(14)21(16)24/h4-5,7-12H,3,6H2,1-2H3. The molecule has 0 unspecified atom stereocenters. The molecule has 0 N–H and O–H groups in total. The second-order valence-corrected chi connectivity index (χ2v) is 5.90. The molecule has 132 valence electrons. The van der Waals surface area contributed by atoms with Gasteiger partial charge in [0.2, 0.25) is 0 Å². The van der Waals surface area contributed by atoms with Crippen molar-refractivity contribution in [2.75, 3.05) is 7.11 Å². The molecule has 5 heteroatoms. The molecule has 1 aliphatic rings. The van der Waals surface area contributed by atoms with Crippen molar-refractivity contribution in [1.82, 2.24) is 0 Å². The molecule has 1 aliphatic carbocycles. The van der Waals surface area contributed by atoms with Crippen LogP contribution in [-0.4, -0.2) is 24.6 Å². The molecule has 2 aromatic rings. The van der Waals surface area contributed by atoms with Crippen molar-refractivity contribution >= 4 is 23.6 Å². The van der Waals surface area contributed by atoms with Gasteiger partial charge in [0.05, 0.1) is 12.7 Å². The van der Waals surface area contributed by atoms with Gasteiger partial charge in [-0.2, -0.15) is 0 Å². The molecule has 0 saturated heterocycles. The summed E-state index contributed by atoms with van der Waals surface area (Å²) in [6.45, 7) is 1.89. The number of carbonyl (C=O) groups is 3. The number of hydrogen-bond acceptors (Lipinski definition) is 5. The van der Waals surface area contributed by atoms with Crippen molar-refractivity contribution in [2.45, 2.75) is 19.8 Å². The molecule has 0 fully saturated rings. The van der Waals surface area contributed by atoms with Gasteiger partial charge < -0.3 is 9.47 Å². The third kappa shape index (κ3) is 3.28. The Kier molecular flexibility index (Phi) is 4.98. The van der Waals surface area contributed by atoms with Crippen molar-refractivity contribution < 1.29 is 23.9 Å². The lowest BCUT2D eigenvalue weighted by Crippen LogP contribution is -2.08. The van der Waals surface area contributed by atoms with Gasteiger partial charge in [-0.1, -0.05) is 37.3 Å². The molecule has 0 amide bonds. The molecule has 26 heavy (non-hydrogen) atoms. The van der Waals surface area contributed by atoms with E-state index in [2.05, 4.69) is 0 Å². The van der Waals surface area contributed by atoms with Crippen LogP contribution >= 0.6 is 0 Å². The Labute approximate surface area is 151 Å². The van der Waals surface area contributed by atoms with E-state index in [1.807, 2.05) is 6.92 Å². The lowest BCUT2D eigenvalue weighted by Gasteiger charge is -2.09. The van der Waals surface area contributed by atoms with Crippen molar-refractivity contribution in [3.05, 3.63) is 64.7 Å². The number of ketones is 2. The monoisotopic (exact) mass is 350 g/mol. The van der Waals surface area contributed by atoms with Gasteiger partial charge in [-0.25, -0.2) is 0 Å².